The van der Waals surface area contributed by atoms with Crippen LogP contribution >= 0.6 is 15.9 Å². The Kier molecular flexibility index (Phi) is 8.95. The fourth-order valence-corrected chi connectivity index (χ4v) is 2.50. The maximum atomic E-state index is 11.9. The molecule has 0 aliphatic heterocycles. The van der Waals surface area contributed by atoms with Crippen LogP contribution in [0.1, 0.15) is 38.7 Å². The molecule has 24 heavy (non-hydrogen) atoms. The number of benzene rings is 1. The average Bonchev–Trinajstić information content (AvgIpc) is 2.58. The topological polar surface area (TPSA) is 71.3 Å². The van der Waals surface area contributed by atoms with Crippen molar-refractivity contribution in [3.05, 3.63) is 27.7 Å². The van der Waals surface area contributed by atoms with E-state index in [1.54, 1.807) is 19.2 Å². The summed E-state index contributed by atoms with van der Waals surface area (Å²) < 4.78 is 11.8. The lowest BCUT2D eigenvalue weighted by molar-refractivity contribution is -0.117. The van der Waals surface area contributed by atoms with Gasteiger partial charge >= 0.3 is 0 Å². The first-order chi connectivity index (χ1) is 11.6. The van der Waals surface area contributed by atoms with Gasteiger partial charge < -0.3 is 14.8 Å². The maximum absolute atomic E-state index is 11.9. The fourth-order valence-electron chi connectivity index (χ4n) is 1.93. The standard InChI is InChI=1S/C18H23BrN2O3/c1-4-6-8-24-17-15(19)10-13(11-16(17)23-3)9-14(12-20)18(22)21-7-5-2/h9-11H,4-8H2,1-3H3,(H,21,22)/b14-9+. The highest BCUT2D eigenvalue weighted by Gasteiger charge is 2.13. The second-order valence-electron chi connectivity index (χ2n) is 5.16. The van der Waals surface area contributed by atoms with Crippen molar-refractivity contribution in [1.29, 1.82) is 5.26 Å². The molecule has 0 unspecified atom stereocenters. The van der Waals surface area contributed by atoms with E-state index in [0.29, 0.717) is 30.2 Å². The monoisotopic (exact) mass is 394 g/mol. The van der Waals surface area contributed by atoms with Gasteiger partial charge in [-0.1, -0.05) is 20.3 Å². The van der Waals surface area contributed by atoms with Crippen LogP contribution in [0.15, 0.2) is 22.2 Å². The fraction of sp³-hybridized carbons (Fsp3) is 0.444. The van der Waals surface area contributed by atoms with Crippen LogP contribution in [0.3, 0.4) is 0 Å². The summed E-state index contributed by atoms with van der Waals surface area (Å²) in [5.41, 5.74) is 0.738. The Labute approximate surface area is 151 Å². The van der Waals surface area contributed by atoms with Gasteiger partial charge in [0.2, 0.25) is 0 Å². The molecule has 1 rings (SSSR count). The van der Waals surface area contributed by atoms with Crippen LogP contribution < -0.4 is 14.8 Å². The van der Waals surface area contributed by atoms with Crippen molar-refractivity contribution in [3.63, 3.8) is 0 Å². The molecule has 5 nitrogen and oxygen atoms in total. The molecular weight excluding hydrogens is 372 g/mol. The molecule has 0 aliphatic rings. The van der Waals surface area contributed by atoms with E-state index < -0.39 is 0 Å². The van der Waals surface area contributed by atoms with Gasteiger partial charge in [0.05, 0.1) is 18.2 Å². The Bertz CT molecular complexity index is 636. The number of carbonyl (C=O) groups is 1. The van der Waals surface area contributed by atoms with E-state index in [-0.39, 0.29) is 11.5 Å². The highest BCUT2D eigenvalue weighted by atomic mass is 79.9. The van der Waals surface area contributed by atoms with Crippen LogP contribution in [-0.2, 0) is 4.79 Å². The minimum Gasteiger partial charge on any atom is -0.493 e. The van der Waals surface area contributed by atoms with E-state index in [4.69, 9.17) is 9.47 Å². The highest BCUT2D eigenvalue weighted by molar-refractivity contribution is 9.10. The average molecular weight is 395 g/mol. The zero-order valence-electron chi connectivity index (χ0n) is 14.3. The Balaban J connectivity index is 3.07. The molecule has 1 aromatic carbocycles. The van der Waals surface area contributed by atoms with Gasteiger partial charge in [0.25, 0.3) is 5.91 Å². The summed E-state index contributed by atoms with van der Waals surface area (Å²) in [6.45, 7) is 5.18. The normalized spacial score (nSPS) is 10.9. The molecule has 0 bridgehead atoms. The number of unbranched alkanes of at least 4 members (excludes halogenated alkanes) is 1. The lowest BCUT2D eigenvalue weighted by Gasteiger charge is -2.13. The van der Waals surface area contributed by atoms with Crippen molar-refractivity contribution in [2.75, 3.05) is 20.3 Å². The number of hydrogen-bond donors (Lipinski definition) is 1. The third kappa shape index (κ3) is 5.89. The summed E-state index contributed by atoms with van der Waals surface area (Å²) in [7, 11) is 1.56. The molecule has 0 aromatic heterocycles. The van der Waals surface area contributed by atoms with Crippen molar-refractivity contribution in [2.45, 2.75) is 33.1 Å². The molecule has 0 spiro atoms. The Hall–Kier alpha value is -2.00. The Morgan fingerprint density at radius 1 is 1.38 bits per heavy atom. The summed E-state index contributed by atoms with van der Waals surface area (Å²) in [6.07, 6.45) is 4.34. The number of nitrogens with zero attached hydrogens (tertiary/aromatic N) is 1. The molecule has 6 heteroatoms. The molecule has 1 aromatic rings. The maximum Gasteiger partial charge on any atom is 0.261 e. The first kappa shape index (κ1) is 20.0. The number of amides is 1. The van der Waals surface area contributed by atoms with Gasteiger partial charge in [-0.25, -0.2) is 0 Å². The highest BCUT2D eigenvalue weighted by Crippen LogP contribution is 2.37. The zero-order valence-corrected chi connectivity index (χ0v) is 15.9. The number of carbonyl (C=O) groups excluding carboxylic acids is 1. The SMILES string of the molecule is CCCCOc1c(Br)cc(/C=C(\C#N)C(=O)NCCC)cc1OC. The number of nitriles is 1. The van der Waals surface area contributed by atoms with E-state index in [9.17, 15) is 10.1 Å². The van der Waals surface area contributed by atoms with E-state index in [2.05, 4.69) is 28.2 Å². The summed E-state index contributed by atoms with van der Waals surface area (Å²) >= 11 is 3.46. The second kappa shape index (κ2) is 10.7. The summed E-state index contributed by atoms with van der Waals surface area (Å²) in [6, 6.07) is 5.48. The predicted octanol–water partition coefficient (Wildman–Crippen LogP) is 4.07. The van der Waals surface area contributed by atoms with Gasteiger partial charge in [-0.15, -0.1) is 0 Å². The summed E-state index contributed by atoms with van der Waals surface area (Å²) in [4.78, 5) is 11.9. The largest absolute Gasteiger partial charge is 0.493 e. The number of nitrogens with one attached hydrogen (secondary N) is 1. The second-order valence-corrected chi connectivity index (χ2v) is 6.02. The van der Waals surface area contributed by atoms with Gasteiger partial charge in [0, 0.05) is 6.54 Å². The molecule has 1 amide bonds. The van der Waals surface area contributed by atoms with Crippen LogP contribution in [0.2, 0.25) is 0 Å². The van der Waals surface area contributed by atoms with Crippen molar-refractivity contribution in [3.8, 4) is 17.6 Å². The molecule has 0 radical (unpaired) electrons. The Morgan fingerprint density at radius 2 is 2.12 bits per heavy atom. The van der Waals surface area contributed by atoms with Crippen LogP contribution in [0, 0.1) is 11.3 Å². The smallest absolute Gasteiger partial charge is 0.261 e. The molecule has 130 valence electrons. The van der Waals surface area contributed by atoms with E-state index in [1.807, 2.05) is 13.0 Å². The molecule has 0 atom stereocenters. The lowest BCUT2D eigenvalue weighted by atomic mass is 10.1. The number of methoxy groups -OCH3 is 1. The molecule has 0 heterocycles. The molecule has 0 saturated carbocycles. The van der Waals surface area contributed by atoms with Gasteiger partial charge in [0.1, 0.15) is 11.6 Å². The Morgan fingerprint density at radius 3 is 2.71 bits per heavy atom. The molecule has 0 aliphatic carbocycles. The van der Waals surface area contributed by atoms with E-state index in [0.717, 1.165) is 23.7 Å². The zero-order chi connectivity index (χ0) is 17.9. The first-order valence-corrected chi connectivity index (χ1v) is 8.76. The number of ether oxygens (including phenoxy) is 2. The lowest BCUT2D eigenvalue weighted by Crippen LogP contribution is -2.25. The van der Waals surface area contributed by atoms with E-state index >= 15 is 0 Å². The number of halogens is 1. The van der Waals surface area contributed by atoms with Gasteiger partial charge in [-0.3, -0.25) is 4.79 Å². The minimum atomic E-state index is -0.377. The predicted molar refractivity (Wildman–Crippen MR) is 98.0 cm³/mol. The van der Waals surface area contributed by atoms with E-state index in [1.165, 1.54) is 6.08 Å². The van der Waals surface area contributed by atoms with Crippen LogP contribution in [0.25, 0.3) is 6.08 Å². The number of rotatable bonds is 9. The molecular formula is C18H23BrN2O3. The van der Waals surface area contributed by atoms with Crippen molar-refractivity contribution >= 4 is 27.9 Å². The third-order valence-electron chi connectivity index (χ3n) is 3.21. The van der Waals surface area contributed by atoms with Crippen molar-refractivity contribution in [2.24, 2.45) is 0 Å². The van der Waals surface area contributed by atoms with Gasteiger partial charge in [-0.2, -0.15) is 5.26 Å². The minimum absolute atomic E-state index is 0.0528. The quantitative estimate of drug-likeness (QED) is 0.389. The van der Waals surface area contributed by atoms with Crippen LogP contribution in [-0.4, -0.2) is 26.2 Å². The summed E-state index contributed by atoms with van der Waals surface area (Å²) in [5.74, 6) is 0.799. The number of hydrogen-bond acceptors (Lipinski definition) is 4. The van der Waals surface area contributed by atoms with Crippen molar-refractivity contribution < 1.29 is 14.3 Å². The van der Waals surface area contributed by atoms with Gasteiger partial charge in [-0.05, 0) is 52.5 Å². The van der Waals surface area contributed by atoms with Gasteiger partial charge in [0.15, 0.2) is 11.5 Å². The molecule has 0 fully saturated rings. The molecule has 1 N–H and O–H groups in total. The van der Waals surface area contributed by atoms with Crippen molar-refractivity contribution in [1.82, 2.24) is 5.32 Å². The third-order valence-corrected chi connectivity index (χ3v) is 3.80. The first-order valence-electron chi connectivity index (χ1n) is 7.97. The molecule has 0 saturated heterocycles. The summed E-state index contributed by atoms with van der Waals surface area (Å²) in [5, 5.41) is 11.9. The van der Waals surface area contributed by atoms with Crippen LogP contribution in [0.5, 0.6) is 11.5 Å². The van der Waals surface area contributed by atoms with Crippen LogP contribution in [0.4, 0.5) is 0 Å².